The van der Waals surface area contributed by atoms with Crippen molar-refractivity contribution in [1.82, 2.24) is 5.32 Å². The molecule has 22 heavy (non-hydrogen) atoms. The second-order valence-electron chi connectivity index (χ2n) is 6.98. The highest BCUT2D eigenvalue weighted by atomic mass is 14.8. The van der Waals surface area contributed by atoms with Gasteiger partial charge in [-0.05, 0) is 32.4 Å². The van der Waals surface area contributed by atoms with Gasteiger partial charge in [0.1, 0.15) is 0 Å². The van der Waals surface area contributed by atoms with Gasteiger partial charge in [-0.2, -0.15) is 0 Å². The lowest BCUT2D eigenvalue weighted by Gasteiger charge is -2.11. The van der Waals surface area contributed by atoms with Crippen molar-refractivity contribution in [3.63, 3.8) is 0 Å². The fourth-order valence-corrected chi connectivity index (χ4v) is 2.95. The van der Waals surface area contributed by atoms with Crippen LogP contribution in [0, 0.1) is 0 Å². The maximum atomic E-state index is 6.11. The zero-order valence-electron chi connectivity index (χ0n) is 15.7. The summed E-state index contributed by atoms with van der Waals surface area (Å²) in [5.41, 5.74) is 6.11. The SMILES string of the molecule is CCCCCCCCCCCCNCCC(N)CCCCC. The van der Waals surface area contributed by atoms with Crippen LogP contribution in [0.1, 0.15) is 110 Å². The van der Waals surface area contributed by atoms with Crippen LogP contribution in [0.2, 0.25) is 0 Å². The first-order valence-electron chi connectivity index (χ1n) is 10.3. The molecule has 0 bridgehead atoms. The number of nitrogens with one attached hydrogen (secondary N) is 1. The van der Waals surface area contributed by atoms with Crippen molar-refractivity contribution in [3.05, 3.63) is 0 Å². The number of rotatable bonds is 18. The molecule has 0 saturated heterocycles. The van der Waals surface area contributed by atoms with Crippen molar-refractivity contribution in [2.75, 3.05) is 13.1 Å². The maximum Gasteiger partial charge on any atom is 0.00509 e. The molecule has 0 rings (SSSR count). The summed E-state index contributed by atoms with van der Waals surface area (Å²) in [6.45, 7) is 6.82. The highest BCUT2D eigenvalue weighted by Crippen LogP contribution is 2.10. The second kappa shape index (κ2) is 19.0. The van der Waals surface area contributed by atoms with E-state index >= 15 is 0 Å². The van der Waals surface area contributed by atoms with Gasteiger partial charge in [-0.25, -0.2) is 0 Å². The highest BCUT2D eigenvalue weighted by Gasteiger charge is 2.01. The van der Waals surface area contributed by atoms with Gasteiger partial charge in [-0.1, -0.05) is 90.9 Å². The summed E-state index contributed by atoms with van der Waals surface area (Å²) < 4.78 is 0. The van der Waals surface area contributed by atoms with Crippen molar-refractivity contribution in [3.8, 4) is 0 Å². The average Bonchev–Trinajstić information content (AvgIpc) is 2.52. The van der Waals surface area contributed by atoms with E-state index in [2.05, 4.69) is 19.2 Å². The number of unbranched alkanes of at least 4 members (excludes halogenated alkanes) is 11. The molecule has 0 aliphatic heterocycles. The van der Waals surface area contributed by atoms with Crippen LogP contribution in [0.5, 0.6) is 0 Å². The fourth-order valence-electron chi connectivity index (χ4n) is 2.95. The van der Waals surface area contributed by atoms with Crippen LogP contribution < -0.4 is 11.1 Å². The van der Waals surface area contributed by atoms with Gasteiger partial charge >= 0.3 is 0 Å². The number of nitrogens with two attached hydrogens (primary N) is 1. The van der Waals surface area contributed by atoms with Crippen molar-refractivity contribution < 1.29 is 0 Å². The maximum absolute atomic E-state index is 6.11. The van der Waals surface area contributed by atoms with Crippen LogP contribution in [0.4, 0.5) is 0 Å². The van der Waals surface area contributed by atoms with Gasteiger partial charge in [-0.15, -0.1) is 0 Å². The molecule has 0 radical (unpaired) electrons. The Bertz CT molecular complexity index is 194. The van der Waals surface area contributed by atoms with Gasteiger partial charge in [0.15, 0.2) is 0 Å². The van der Waals surface area contributed by atoms with E-state index < -0.39 is 0 Å². The monoisotopic (exact) mass is 312 g/mol. The standard InChI is InChI=1S/C20H44N2/c1-3-5-7-8-9-10-11-12-13-15-18-22-19-17-20(21)16-14-6-4-2/h20,22H,3-19,21H2,1-2H3. The molecule has 0 fully saturated rings. The largest absolute Gasteiger partial charge is 0.328 e. The molecular formula is C20H44N2. The highest BCUT2D eigenvalue weighted by molar-refractivity contribution is 4.63. The molecule has 0 aromatic rings. The predicted molar refractivity (Wildman–Crippen MR) is 101 cm³/mol. The van der Waals surface area contributed by atoms with Crippen LogP contribution in [-0.2, 0) is 0 Å². The normalized spacial score (nSPS) is 12.7. The number of hydrogen-bond donors (Lipinski definition) is 2. The van der Waals surface area contributed by atoms with Crippen LogP contribution in [0.25, 0.3) is 0 Å². The van der Waals surface area contributed by atoms with Crippen LogP contribution in [-0.4, -0.2) is 19.1 Å². The second-order valence-corrected chi connectivity index (χ2v) is 6.98. The van der Waals surface area contributed by atoms with Crippen LogP contribution in [0.3, 0.4) is 0 Å². The van der Waals surface area contributed by atoms with E-state index in [0.29, 0.717) is 6.04 Å². The Hall–Kier alpha value is -0.0800. The quantitative estimate of drug-likeness (QED) is 0.314. The summed E-state index contributed by atoms with van der Waals surface area (Å²) in [7, 11) is 0. The van der Waals surface area contributed by atoms with Gasteiger partial charge in [0.05, 0.1) is 0 Å². The van der Waals surface area contributed by atoms with E-state index in [9.17, 15) is 0 Å². The van der Waals surface area contributed by atoms with Crippen molar-refractivity contribution in [2.24, 2.45) is 5.73 Å². The lowest BCUT2D eigenvalue weighted by molar-refractivity contribution is 0.496. The van der Waals surface area contributed by atoms with Gasteiger partial charge in [0.25, 0.3) is 0 Å². The average molecular weight is 313 g/mol. The van der Waals surface area contributed by atoms with Gasteiger partial charge < -0.3 is 11.1 Å². The lowest BCUT2D eigenvalue weighted by atomic mass is 10.1. The Morgan fingerprint density at radius 2 is 1.09 bits per heavy atom. The van der Waals surface area contributed by atoms with E-state index in [4.69, 9.17) is 5.73 Å². The molecule has 3 N–H and O–H groups in total. The molecule has 0 saturated carbocycles. The molecule has 1 atom stereocenters. The minimum Gasteiger partial charge on any atom is -0.328 e. The van der Waals surface area contributed by atoms with E-state index in [1.54, 1.807) is 0 Å². The summed E-state index contributed by atoms with van der Waals surface area (Å²) in [5.74, 6) is 0. The zero-order valence-corrected chi connectivity index (χ0v) is 15.7. The fraction of sp³-hybridized carbons (Fsp3) is 1.00. The van der Waals surface area contributed by atoms with Crippen molar-refractivity contribution >= 4 is 0 Å². The minimum absolute atomic E-state index is 0.409. The molecule has 1 unspecified atom stereocenters. The topological polar surface area (TPSA) is 38.0 Å². The first-order chi connectivity index (χ1) is 10.8. The predicted octanol–water partition coefficient (Wildman–Crippen LogP) is 5.79. The molecular weight excluding hydrogens is 268 g/mol. The van der Waals surface area contributed by atoms with Crippen LogP contribution >= 0.6 is 0 Å². The molecule has 2 heteroatoms. The molecule has 0 spiro atoms. The van der Waals surface area contributed by atoms with Gasteiger partial charge in [0.2, 0.25) is 0 Å². The minimum atomic E-state index is 0.409. The van der Waals surface area contributed by atoms with E-state index in [1.165, 1.54) is 96.4 Å². The van der Waals surface area contributed by atoms with Crippen molar-refractivity contribution in [1.29, 1.82) is 0 Å². The van der Waals surface area contributed by atoms with Crippen molar-refractivity contribution in [2.45, 2.75) is 116 Å². The van der Waals surface area contributed by atoms with E-state index in [1.807, 2.05) is 0 Å². The Morgan fingerprint density at radius 3 is 1.68 bits per heavy atom. The number of hydrogen-bond acceptors (Lipinski definition) is 2. The Balaban J connectivity index is 3.05. The smallest absolute Gasteiger partial charge is 0.00509 e. The summed E-state index contributed by atoms with van der Waals surface area (Å²) in [6, 6.07) is 0.409. The van der Waals surface area contributed by atoms with Gasteiger partial charge in [-0.3, -0.25) is 0 Å². The molecule has 0 aliphatic carbocycles. The van der Waals surface area contributed by atoms with Gasteiger partial charge in [0, 0.05) is 6.04 Å². The van der Waals surface area contributed by atoms with E-state index in [-0.39, 0.29) is 0 Å². The first kappa shape index (κ1) is 21.9. The van der Waals surface area contributed by atoms with E-state index in [0.717, 1.165) is 13.0 Å². The molecule has 0 heterocycles. The summed E-state index contributed by atoms with van der Waals surface area (Å²) in [6.07, 6.45) is 20.4. The third-order valence-electron chi connectivity index (χ3n) is 4.58. The zero-order chi connectivity index (χ0) is 16.3. The van der Waals surface area contributed by atoms with Crippen LogP contribution in [0.15, 0.2) is 0 Å². The Labute approximate surface area is 141 Å². The Morgan fingerprint density at radius 1 is 0.591 bits per heavy atom. The molecule has 0 aromatic heterocycles. The summed E-state index contributed by atoms with van der Waals surface area (Å²) in [4.78, 5) is 0. The molecule has 0 aromatic carbocycles. The first-order valence-corrected chi connectivity index (χ1v) is 10.3. The summed E-state index contributed by atoms with van der Waals surface area (Å²) >= 11 is 0. The third kappa shape index (κ3) is 18.0. The molecule has 134 valence electrons. The molecule has 0 aliphatic rings. The lowest BCUT2D eigenvalue weighted by Crippen LogP contribution is -2.27. The molecule has 2 nitrogen and oxygen atoms in total. The Kier molecular flexibility index (Phi) is 18.9. The third-order valence-corrected chi connectivity index (χ3v) is 4.58. The summed E-state index contributed by atoms with van der Waals surface area (Å²) in [5, 5.41) is 3.55. The molecule has 0 amide bonds.